The fourth-order valence-electron chi connectivity index (χ4n) is 2.87. The van der Waals surface area contributed by atoms with Crippen LogP contribution >= 0.6 is 0 Å². The summed E-state index contributed by atoms with van der Waals surface area (Å²) >= 11 is 0. The van der Waals surface area contributed by atoms with E-state index in [1.807, 2.05) is 45.0 Å². The van der Waals surface area contributed by atoms with Crippen molar-refractivity contribution in [2.24, 2.45) is 0 Å². The number of hydrogen-bond acceptors (Lipinski definition) is 3. The molecular formula is C18H22N2O2S. The van der Waals surface area contributed by atoms with E-state index in [1.165, 1.54) is 5.56 Å². The van der Waals surface area contributed by atoms with Gasteiger partial charge in [0.05, 0.1) is 4.90 Å². The summed E-state index contributed by atoms with van der Waals surface area (Å²) in [4.78, 5) is 0.320. The van der Waals surface area contributed by atoms with Gasteiger partial charge >= 0.3 is 0 Å². The molecule has 0 unspecified atom stereocenters. The lowest BCUT2D eigenvalue weighted by Crippen LogP contribution is -2.40. The van der Waals surface area contributed by atoms with Crippen LogP contribution in [0.15, 0.2) is 47.4 Å². The average molecular weight is 330 g/mol. The Morgan fingerprint density at radius 1 is 1.09 bits per heavy atom. The summed E-state index contributed by atoms with van der Waals surface area (Å²) in [6, 6.07) is 13.2. The van der Waals surface area contributed by atoms with Gasteiger partial charge in [-0.3, -0.25) is 0 Å². The van der Waals surface area contributed by atoms with E-state index in [9.17, 15) is 8.42 Å². The van der Waals surface area contributed by atoms with Crippen molar-refractivity contribution in [2.75, 3.05) is 11.9 Å². The van der Waals surface area contributed by atoms with Crippen LogP contribution in [0.25, 0.3) is 11.1 Å². The predicted octanol–water partition coefficient (Wildman–Crippen LogP) is 3.40. The molecule has 1 aliphatic rings. The molecule has 2 N–H and O–H groups in total. The molecule has 3 rings (SSSR count). The molecule has 4 nitrogen and oxygen atoms in total. The van der Waals surface area contributed by atoms with Gasteiger partial charge in [-0.15, -0.1) is 0 Å². The highest BCUT2D eigenvalue weighted by Crippen LogP contribution is 2.32. The van der Waals surface area contributed by atoms with E-state index in [4.69, 9.17) is 0 Å². The minimum atomic E-state index is -3.58. The molecule has 0 atom stereocenters. The lowest BCUT2D eigenvalue weighted by molar-refractivity contribution is 0.491. The van der Waals surface area contributed by atoms with E-state index in [2.05, 4.69) is 16.1 Å². The zero-order valence-corrected chi connectivity index (χ0v) is 14.5. The fraction of sp³-hybridized carbons (Fsp3) is 0.333. The number of rotatable bonds is 3. The van der Waals surface area contributed by atoms with E-state index in [0.717, 1.165) is 29.8 Å². The molecule has 0 saturated heterocycles. The van der Waals surface area contributed by atoms with Crippen LogP contribution in [0.5, 0.6) is 0 Å². The summed E-state index contributed by atoms with van der Waals surface area (Å²) in [5.74, 6) is 0. The Kier molecular flexibility index (Phi) is 3.94. The first-order valence-electron chi connectivity index (χ1n) is 7.76. The molecule has 2 aromatic carbocycles. The van der Waals surface area contributed by atoms with Crippen LogP contribution in [0.2, 0.25) is 0 Å². The highest BCUT2D eigenvalue weighted by molar-refractivity contribution is 7.89. The number of hydrogen-bond donors (Lipinski definition) is 2. The van der Waals surface area contributed by atoms with E-state index >= 15 is 0 Å². The first-order valence-corrected chi connectivity index (χ1v) is 9.25. The largest absolute Gasteiger partial charge is 0.384 e. The van der Waals surface area contributed by atoms with Gasteiger partial charge < -0.3 is 5.32 Å². The van der Waals surface area contributed by atoms with Crippen LogP contribution in [-0.2, 0) is 16.4 Å². The number of benzene rings is 2. The molecule has 0 saturated carbocycles. The summed E-state index contributed by atoms with van der Waals surface area (Å²) in [5.41, 5.74) is 3.52. The Morgan fingerprint density at radius 2 is 1.83 bits per heavy atom. The SMILES string of the molecule is CC(C)(C)NS(=O)(=O)c1ccccc1-c1ccc2c(c1)CCN2. The van der Waals surface area contributed by atoms with Crippen LogP contribution in [0.1, 0.15) is 26.3 Å². The van der Waals surface area contributed by atoms with Crippen molar-refractivity contribution in [3.05, 3.63) is 48.0 Å². The Labute approximate surface area is 138 Å². The first kappa shape index (κ1) is 16.0. The molecule has 0 bridgehead atoms. The van der Waals surface area contributed by atoms with Gasteiger partial charge in [0.1, 0.15) is 0 Å². The summed E-state index contributed by atoms with van der Waals surface area (Å²) in [5, 5.41) is 3.32. The molecule has 1 aliphatic heterocycles. The third-order valence-corrected chi connectivity index (χ3v) is 5.56. The first-order chi connectivity index (χ1) is 10.8. The zero-order chi connectivity index (χ0) is 16.7. The second-order valence-electron chi connectivity index (χ2n) is 6.90. The van der Waals surface area contributed by atoms with E-state index in [0.29, 0.717) is 4.90 Å². The number of fused-ring (bicyclic) bond motifs is 1. The van der Waals surface area contributed by atoms with Crippen molar-refractivity contribution in [3.63, 3.8) is 0 Å². The number of nitrogens with one attached hydrogen (secondary N) is 2. The van der Waals surface area contributed by atoms with E-state index < -0.39 is 15.6 Å². The molecule has 0 amide bonds. The van der Waals surface area contributed by atoms with Gasteiger partial charge in [0.2, 0.25) is 10.0 Å². The summed E-state index contributed by atoms with van der Waals surface area (Å²) in [6.45, 7) is 6.46. The standard InChI is InChI=1S/C18H22N2O2S/c1-18(2,3)20-23(21,22)17-7-5-4-6-15(17)13-8-9-16-14(12-13)10-11-19-16/h4-9,12,19-20H,10-11H2,1-3H3. The normalized spacial score (nSPS) is 14.4. The Hall–Kier alpha value is -1.85. The van der Waals surface area contributed by atoms with Crippen molar-refractivity contribution in [1.82, 2.24) is 4.72 Å². The quantitative estimate of drug-likeness (QED) is 0.907. The van der Waals surface area contributed by atoms with Gasteiger partial charge in [0.15, 0.2) is 0 Å². The van der Waals surface area contributed by atoms with Gasteiger partial charge in [-0.25, -0.2) is 13.1 Å². The summed E-state index contributed by atoms with van der Waals surface area (Å²) in [7, 11) is -3.58. The lowest BCUT2D eigenvalue weighted by atomic mass is 10.0. The maximum Gasteiger partial charge on any atom is 0.241 e. The highest BCUT2D eigenvalue weighted by Gasteiger charge is 2.25. The third kappa shape index (κ3) is 3.41. The second-order valence-corrected chi connectivity index (χ2v) is 8.55. The maximum atomic E-state index is 12.8. The van der Waals surface area contributed by atoms with Crippen molar-refractivity contribution in [2.45, 2.75) is 37.6 Å². The maximum absolute atomic E-state index is 12.8. The molecule has 0 aliphatic carbocycles. The summed E-state index contributed by atoms with van der Waals surface area (Å²) < 4.78 is 28.2. The Bertz CT molecular complexity index is 836. The average Bonchev–Trinajstić information content (AvgIpc) is 2.92. The van der Waals surface area contributed by atoms with Crippen molar-refractivity contribution < 1.29 is 8.42 Å². The fourth-order valence-corrected chi connectivity index (χ4v) is 4.52. The van der Waals surface area contributed by atoms with Crippen LogP contribution in [0.3, 0.4) is 0 Å². The monoisotopic (exact) mass is 330 g/mol. The molecular weight excluding hydrogens is 308 g/mol. The highest BCUT2D eigenvalue weighted by atomic mass is 32.2. The Morgan fingerprint density at radius 3 is 2.57 bits per heavy atom. The molecule has 0 fully saturated rings. The number of sulfonamides is 1. The van der Waals surface area contributed by atoms with Crippen molar-refractivity contribution in [3.8, 4) is 11.1 Å². The topological polar surface area (TPSA) is 58.2 Å². The van der Waals surface area contributed by atoms with Gasteiger partial charge in [-0.1, -0.05) is 24.3 Å². The van der Waals surface area contributed by atoms with Gasteiger partial charge in [-0.05, 0) is 56.5 Å². The molecule has 5 heteroatoms. The molecule has 23 heavy (non-hydrogen) atoms. The van der Waals surface area contributed by atoms with Crippen LogP contribution in [-0.4, -0.2) is 20.5 Å². The minimum Gasteiger partial charge on any atom is -0.384 e. The summed E-state index contributed by atoms with van der Waals surface area (Å²) in [6.07, 6.45) is 0.971. The molecule has 2 aromatic rings. The molecule has 0 radical (unpaired) electrons. The van der Waals surface area contributed by atoms with Crippen molar-refractivity contribution >= 4 is 15.7 Å². The lowest BCUT2D eigenvalue weighted by Gasteiger charge is -2.21. The van der Waals surface area contributed by atoms with Gasteiger partial charge in [0.25, 0.3) is 0 Å². The minimum absolute atomic E-state index is 0.320. The number of anilines is 1. The van der Waals surface area contributed by atoms with Crippen LogP contribution in [0.4, 0.5) is 5.69 Å². The van der Waals surface area contributed by atoms with E-state index in [1.54, 1.807) is 12.1 Å². The van der Waals surface area contributed by atoms with Crippen LogP contribution < -0.4 is 10.0 Å². The van der Waals surface area contributed by atoms with E-state index in [-0.39, 0.29) is 0 Å². The smallest absolute Gasteiger partial charge is 0.241 e. The predicted molar refractivity (Wildman–Crippen MR) is 94.1 cm³/mol. The van der Waals surface area contributed by atoms with Gasteiger partial charge in [-0.2, -0.15) is 0 Å². The zero-order valence-electron chi connectivity index (χ0n) is 13.7. The second kappa shape index (κ2) is 5.65. The molecule has 122 valence electrons. The third-order valence-electron chi connectivity index (χ3n) is 3.74. The van der Waals surface area contributed by atoms with Crippen LogP contribution in [0, 0.1) is 0 Å². The molecule has 0 aromatic heterocycles. The molecule has 1 heterocycles. The van der Waals surface area contributed by atoms with Crippen molar-refractivity contribution in [1.29, 1.82) is 0 Å². The Balaban J connectivity index is 2.08. The van der Waals surface area contributed by atoms with Gasteiger partial charge in [0, 0.05) is 23.3 Å². The molecule has 0 spiro atoms.